The number of rotatable bonds is 13. The Morgan fingerprint density at radius 3 is 0.810 bits per heavy atom. The van der Waals surface area contributed by atoms with Crippen molar-refractivity contribution in [3.63, 3.8) is 0 Å². The van der Waals surface area contributed by atoms with E-state index in [1.54, 1.807) is 18.2 Å². The van der Waals surface area contributed by atoms with Gasteiger partial charge in [-0.2, -0.15) is 21.0 Å². The monoisotopic (exact) mass is 1270 g/mol. The van der Waals surface area contributed by atoms with Crippen LogP contribution in [0.5, 0.6) is 0 Å². The van der Waals surface area contributed by atoms with Crippen molar-refractivity contribution in [1.82, 2.24) is 29.9 Å². The molecule has 0 saturated heterocycles. The highest BCUT2D eigenvalue weighted by molar-refractivity contribution is 6.07. The molecule has 0 N–H and O–H groups in total. The highest BCUT2D eigenvalue weighted by Crippen LogP contribution is 2.42. The summed E-state index contributed by atoms with van der Waals surface area (Å²) >= 11 is 0. The molecule has 0 bridgehead atoms. The van der Waals surface area contributed by atoms with E-state index in [0.29, 0.717) is 73.9 Å². The van der Waals surface area contributed by atoms with Crippen molar-refractivity contribution in [2.45, 2.75) is 0 Å². The van der Waals surface area contributed by atoms with E-state index >= 15 is 0 Å². The van der Waals surface area contributed by atoms with E-state index in [1.165, 1.54) is 0 Å². The normalized spacial score (nSPS) is 11.0. The molecule has 0 aliphatic rings. The standard InChI is InChI=1S/C90H52N10/c91-53-57-46-58(54-92)48-72(47-57)59-30-34-61(35-31-59)76-42-43-77(81-27-11-10-26-80(76)81)63-38-40-67(41-39-63)88-96-87(66-20-8-3-9-21-66)99-90(100-88)71-25-15-23-69(50-71)84-74(55-93)51-73(52-75(84)56-94)60-32-36-62(37-33-60)78-44-45-79(83-29-13-12-28-82(78)83)68-22-14-24-70(49-68)89-97-85(64-16-4-1-5-17-64)95-86(98-89)65-18-6-2-7-19-65/h1-52H. The minimum Gasteiger partial charge on any atom is -0.208 e. The molecule has 0 atom stereocenters. The number of benzene rings is 14. The molecular formula is C90H52N10. The molecule has 2 heterocycles. The lowest BCUT2D eigenvalue weighted by molar-refractivity contribution is 1.07. The summed E-state index contributed by atoms with van der Waals surface area (Å²) < 4.78 is 0. The van der Waals surface area contributed by atoms with Crippen molar-refractivity contribution in [1.29, 1.82) is 21.0 Å². The van der Waals surface area contributed by atoms with Crippen LogP contribution in [0.4, 0.5) is 0 Å². The second-order valence-corrected chi connectivity index (χ2v) is 24.2. The van der Waals surface area contributed by atoms with Crippen LogP contribution >= 0.6 is 0 Å². The third-order valence-corrected chi connectivity index (χ3v) is 18.1. The fourth-order valence-corrected chi connectivity index (χ4v) is 13.2. The third kappa shape index (κ3) is 11.8. The number of nitriles is 4. The maximum Gasteiger partial charge on any atom is 0.164 e. The van der Waals surface area contributed by atoms with Gasteiger partial charge in [0.1, 0.15) is 0 Å². The zero-order valence-electron chi connectivity index (χ0n) is 53.5. The Hall–Kier alpha value is -14.4. The fourth-order valence-electron chi connectivity index (χ4n) is 13.2. The number of aromatic nitrogens is 6. The van der Waals surface area contributed by atoms with Gasteiger partial charge in [0.25, 0.3) is 0 Å². The maximum absolute atomic E-state index is 10.9. The summed E-state index contributed by atoms with van der Waals surface area (Å²) in [5, 5.41) is 45.4. The topological polar surface area (TPSA) is 172 Å². The van der Waals surface area contributed by atoms with Crippen molar-refractivity contribution < 1.29 is 0 Å². The average molecular weight is 1270 g/mol. The van der Waals surface area contributed by atoms with Gasteiger partial charge in [-0.25, -0.2) is 29.9 Å². The van der Waals surface area contributed by atoms with Crippen LogP contribution < -0.4 is 0 Å². The van der Waals surface area contributed by atoms with Crippen molar-refractivity contribution >= 4 is 21.5 Å². The number of hydrogen-bond acceptors (Lipinski definition) is 10. The Morgan fingerprint density at radius 2 is 0.450 bits per heavy atom. The molecular weight excluding hydrogens is 1220 g/mol. The lowest BCUT2D eigenvalue weighted by Gasteiger charge is -2.14. The lowest BCUT2D eigenvalue weighted by Crippen LogP contribution is -2.00. The van der Waals surface area contributed by atoms with E-state index in [4.69, 9.17) is 29.9 Å². The Bertz CT molecular complexity index is 5920. The highest BCUT2D eigenvalue weighted by atomic mass is 15.0. The molecule has 2 aromatic heterocycles. The molecule has 0 spiro atoms. The molecule has 10 heteroatoms. The van der Waals surface area contributed by atoms with Crippen LogP contribution in [0.25, 0.3) is 168 Å². The number of nitrogens with zero attached hydrogens (tertiary/aromatic N) is 10. The van der Waals surface area contributed by atoms with Crippen LogP contribution in [0.3, 0.4) is 0 Å². The average Bonchev–Trinajstić information content (AvgIpc) is 0.783. The van der Waals surface area contributed by atoms with Crippen LogP contribution in [-0.2, 0) is 0 Å². The van der Waals surface area contributed by atoms with Crippen LogP contribution in [0.15, 0.2) is 315 Å². The summed E-state index contributed by atoms with van der Waals surface area (Å²) in [7, 11) is 0. The molecule has 14 aromatic carbocycles. The van der Waals surface area contributed by atoms with Crippen molar-refractivity contribution in [3.8, 4) is 170 Å². The van der Waals surface area contributed by atoms with Gasteiger partial charge in [0, 0.05) is 38.9 Å². The Balaban J connectivity index is 0.679. The van der Waals surface area contributed by atoms with E-state index in [9.17, 15) is 21.0 Å². The SMILES string of the molecule is N#Cc1cc(C#N)cc(-c2ccc(-c3ccc(-c4ccc(-c5nc(-c6ccccc6)nc(-c6cccc(-c7c(C#N)cc(-c8ccc(-c9ccc(-c%10cccc(-c%11nc(-c%12ccccc%12)nc(-c%12ccccc%12)n%11)c%10)c%10ccccc9%10)cc8)cc7C#N)c6)n5)cc4)c4ccccc34)cc2)c1. The largest absolute Gasteiger partial charge is 0.208 e. The van der Waals surface area contributed by atoms with Gasteiger partial charge >= 0.3 is 0 Å². The minimum absolute atomic E-state index is 0.360. The van der Waals surface area contributed by atoms with Gasteiger partial charge in [-0.3, -0.25) is 0 Å². The van der Waals surface area contributed by atoms with Crippen molar-refractivity contribution in [3.05, 3.63) is 338 Å². The summed E-state index contributed by atoms with van der Waals surface area (Å²) in [6.07, 6.45) is 0. The van der Waals surface area contributed by atoms with Gasteiger partial charge in [0.05, 0.1) is 46.5 Å². The first kappa shape index (κ1) is 60.5. The quantitative estimate of drug-likeness (QED) is 0.108. The molecule has 0 amide bonds. The van der Waals surface area contributed by atoms with E-state index in [0.717, 1.165) is 116 Å². The van der Waals surface area contributed by atoms with Crippen molar-refractivity contribution in [2.75, 3.05) is 0 Å². The smallest absolute Gasteiger partial charge is 0.164 e. The van der Waals surface area contributed by atoms with Gasteiger partial charge < -0.3 is 0 Å². The van der Waals surface area contributed by atoms with Crippen LogP contribution in [0.1, 0.15) is 22.3 Å². The Labute approximate surface area is 577 Å². The summed E-state index contributed by atoms with van der Waals surface area (Å²) in [6, 6.07) is 114. The molecule has 0 aliphatic heterocycles. The van der Waals surface area contributed by atoms with Gasteiger partial charge in [-0.1, -0.05) is 273 Å². The van der Waals surface area contributed by atoms with Gasteiger partial charge in [-0.05, 0) is 136 Å². The zero-order chi connectivity index (χ0) is 67.5. The molecule has 0 fully saturated rings. The first-order valence-corrected chi connectivity index (χ1v) is 32.5. The second kappa shape index (κ2) is 26.4. The predicted octanol–water partition coefficient (Wildman–Crippen LogP) is 21.5. The molecule has 0 unspecified atom stereocenters. The molecule has 0 saturated carbocycles. The predicted molar refractivity (Wildman–Crippen MR) is 398 cm³/mol. The Kier molecular flexibility index (Phi) is 16.0. The summed E-state index contributed by atoms with van der Waals surface area (Å²) in [5.74, 6) is 3.21. The maximum atomic E-state index is 10.9. The summed E-state index contributed by atoms with van der Waals surface area (Å²) in [4.78, 5) is 30.2. The third-order valence-electron chi connectivity index (χ3n) is 18.1. The summed E-state index contributed by atoms with van der Waals surface area (Å²) in [5.41, 5.74) is 19.6. The minimum atomic E-state index is 0.360. The first-order chi connectivity index (χ1) is 49.3. The molecule has 16 rings (SSSR count). The fraction of sp³-hybridized carbons (Fsp3) is 0. The van der Waals surface area contributed by atoms with E-state index in [-0.39, 0.29) is 0 Å². The van der Waals surface area contributed by atoms with Crippen molar-refractivity contribution in [2.24, 2.45) is 0 Å². The van der Waals surface area contributed by atoms with Crippen LogP contribution in [-0.4, -0.2) is 29.9 Å². The zero-order valence-corrected chi connectivity index (χ0v) is 53.5. The van der Waals surface area contributed by atoms with Crippen LogP contribution in [0.2, 0.25) is 0 Å². The van der Waals surface area contributed by atoms with E-state index in [2.05, 4.69) is 152 Å². The second-order valence-electron chi connectivity index (χ2n) is 24.2. The first-order valence-electron chi connectivity index (χ1n) is 32.5. The summed E-state index contributed by atoms with van der Waals surface area (Å²) in [6.45, 7) is 0. The number of hydrogen-bond donors (Lipinski definition) is 0. The number of fused-ring (bicyclic) bond motifs is 2. The van der Waals surface area contributed by atoms with Crippen LogP contribution in [0, 0.1) is 45.3 Å². The molecule has 0 radical (unpaired) electrons. The highest BCUT2D eigenvalue weighted by Gasteiger charge is 2.21. The molecule has 10 nitrogen and oxygen atoms in total. The van der Waals surface area contributed by atoms with Gasteiger partial charge in [0.2, 0.25) is 0 Å². The lowest BCUT2D eigenvalue weighted by atomic mass is 9.89. The Morgan fingerprint density at radius 1 is 0.180 bits per heavy atom. The molecule has 0 aliphatic carbocycles. The molecule has 100 heavy (non-hydrogen) atoms. The van der Waals surface area contributed by atoms with E-state index in [1.807, 2.05) is 170 Å². The molecule has 16 aromatic rings. The van der Waals surface area contributed by atoms with Gasteiger partial charge in [-0.15, -0.1) is 0 Å². The van der Waals surface area contributed by atoms with E-state index < -0.39 is 0 Å². The van der Waals surface area contributed by atoms with Gasteiger partial charge in [0.15, 0.2) is 34.9 Å². The molecule has 462 valence electrons.